The first-order valence-electron chi connectivity index (χ1n) is 7.90. The van der Waals surface area contributed by atoms with Crippen molar-refractivity contribution >= 4 is 40.3 Å². The minimum absolute atomic E-state index is 0.551. The van der Waals surface area contributed by atoms with Gasteiger partial charge in [-0.2, -0.15) is 0 Å². The van der Waals surface area contributed by atoms with E-state index in [1.165, 1.54) is 0 Å². The molecule has 0 aromatic carbocycles. The quantitative estimate of drug-likeness (QED) is 0.428. The van der Waals surface area contributed by atoms with Gasteiger partial charge in [0.2, 0.25) is 0 Å². The highest BCUT2D eigenvalue weighted by atomic mass is 28.5. The molecule has 0 fully saturated rings. The van der Waals surface area contributed by atoms with Gasteiger partial charge in [-0.25, -0.2) is 0 Å². The van der Waals surface area contributed by atoms with Crippen molar-refractivity contribution in [1.82, 2.24) is 4.57 Å². The van der Waals surface area contributed by atoms with Crippen LogP contribution in [0.1, 0.15) is 13.3 Å². The molecule has 0 unspecified atom stereocenters. The average molecular weight is 381 g/mol. The Morgan fingerprint density at radius 1 is 0.773 bits per heavy atom. The van der Waals surface area contributed by atoms with Gasteiger partial charge in [-0.15, -0.1) is 0 Å². The van der Waals surface area contributed by atoms with Crippen molar-refractivity contribution in [2.45, 2.75) is 72.3 Å². The van der Waals surface area contributed by atoms with Gasteiger partial charge in [0.1, 0.15) is 0 Å². The Morgan fingerprint density at radius 3 is 1.27 bits per heavy atom. The molecule has 0 N–H and O–H groups in total. The van der Waals surface area contributed by atoms with Gasteiger partial charge in [-0.1, -0.05) is 6.92 Å². The molecule has 22 heavy (non-hydrogen) atoms. The summed E-state index contributed by atoms with van der Waals surface area (Å²) in [5.41, 5.74) is 0. The summed E-state index contributed by atoms with van der Waals surface area (Å²) in [7, 11) is -9.15. The van der Waals surface area contributed by atoms with Crippen LogP contribution in [0.3, 0.4) is 0 Å². The molecule has 0 bridgehead atoms. The second-order valence-electron chi connectivity index (χ2n) is 8.41. The van der Waals surface area contributed by atoms with E-state index >= 15 is 0 Å². The monoisotopic (exact) mass is 380 g/mol. The van der Waals surface area contributed by atoms with E-state index in [2.05, 4.69) is 58.9 Å². The third kappa shape index (κ3) is 8.75. The fraction of sp³-hybridized carbons (Fsp3) is 0.923. The van der Waals surface area contributed by atoms with Crippen molar-refractivity contribution < 1.29 is 17.1 Å². The number of amides is 1. The smallest absolute Gasteiger partial charge is 0.400 e. The third-order valence-electron chi connectivity index (χ3n) is 2.19. The highest BCUT2D eigenvalue weighted by molar-refractivity contribution is 6.89. The maximum atomic E-state index is 11.6. The Hall–Kier alpha value is 0.218. The van der Waals surface area contributed by atoms with Gasteiger partial charge in [0.15, 0.2) is 25.0 Å². The van der Waals surface area contributed by atoms with Crippen molar-refractivity contribution in [1.29, 1.82) is 0 Å². The van der Waals surface area contributed by atoms with Gasteiger partial charge in [0.25, 0.3) is 0 Å². The van der Waals surface area contributed by atoms with Crippen LogP contribution in [-0.2, 0) is 17.1 Å². The predicted octanol–water partition coefficient (Wildman–Crippen LogP) is 3.76. The zero-order valence-electron chi connectivity index (χ0n) is 16.0. The summed E-state index contributed by atoms with van der Waals surface area (Å²) in [5.74, 6) is 0. The second-order valence-corrected chi connectivity index (χ2v) is 25.1. The van der Waals surface area contributed by atoms with Crippen LogP contribution in [0.15, 0.2) is 0 Å². The van der Waals surface area contributed by atoms with Crippen LogP contribution in [0.2, 0.25) is 58.9 Å². The molecular formula is C13H34NO4Si4. The number of hydrogen-bond acceptors (Lipinski definition) is 4. The number of hydrogen-bond donors (Lipinski definition) is 0. The Kier molecular flexibility index (Phi) is 7.94. The zero-order valence-corrected chi connectivity index (χ0v) is 20.0. The van der Waals surface area contributed by atoms with E-state index < -0.39 is 33.9 Å². The lowest BCUT2D eigenvalue weighted by Gasteiger charge is -2.45. The Bertz CT molecular complexity index is 320. The molecule has 0 saturated carbocycles. The lowest BCUT2D eigenvalue weighted by Crippen LogP contribution is -2.69. The molecule has 1 amide bonds. The van der Waals surface area contributed by atoms with E-state index in [-0.39, 0.29) is 0 Å². The SMILES string of the molecule is CCCN([C]=O)[Si](O[Si](C)(C)C)(O[Si](C)(C)C)O[Si](C)(C)C. The summed E-state index contributed by atoms with van der Waals surface area (Å²) in [6, 6.07) is 0. The van der Waals surface area contributed by atoms with E-state index in [4.69, 9.17) is 12.3 Å². The molecule has 0 aromatic heterocycles. The maximum Gasteiger partial charge on any atom is 0.604 e. The van der Waals surface area contributed by atoms with Gasteiger partial charge in [0.05, 0.1) is 0 Å². The van der Waals surface area contributed by atoms with Crippen LogP contribution < -0.4 is 0 Å². The van der Waals surface area contributed by atoms with Crippen LogP contribution in [0.5, 0.6) is 0 Å². The molecule has 0 spiro atoms. The third-order valence-corrected chi connectivity index (χ3v) is 13.6. The predicted molar refractivity (Wildman–Crippen MR) is 102 cm³/mol. The average Bonchev–Trinajstić information content (AvgIpc) is 2.17. The molecule has 1 radical (unpaired) electrons. The zero-order chi connectivity index (χ0) is 17.8. The topological polar surface area (TPSA) is 48.0 Å². The molecule has 0 atom stereocenters. The molecule has 0 rings (SSSR count). The minimum Gasteiger partial charge on any atom is -0.400 e. The van der Waals surface area contributed by atoms with Gasteiger partial charge < -0.3 is 12.3 Å². The standard InChI is InChI=1S/C13H34NO4Si4/c1-11-12-14(13-15)22(16-19(2,3)4,17-20(5,6)7)18-21(8,9)10/h11-12H2,1-10H3. The largest absolute Gasteiger partial charge is 0.604 e. The van der Waals surface area contributed by atoms with Crippen LogP contribution >= 0.6 is 0 Å². The molecule has 131 valence electrons. The van der Waals surface area contributed by atoms with E-state index in [0.717, 1.165) is 6.42 Å². The van der Waals surface area contributed by atoms with Gasteiger partial charge in [-0.3, -0.25) is 9.36 Å². The van der Waals surface area contributed by atoms with E-state index in [1.54, 1.807) is 4.57 Å². The Labute approximate surface area is 141 Å². The Balaban J connectivity index is 5.93. The van der Waals surface area contributed by atoms with Crippen LogP contribution in [0.25, 0.3) is 0 Å². The van der Waals surface area contributed by atoms with Gasteiger partial charge in [0, 0.05) is 6.54 Å². The van der Waals surface area contributed by atoms with Crippen molar-refractivity contribution in [3.63, 3.8) is 0 Å². The number of carbonyl (C=O) groups excluding carboxylic acids is 1. The second kappa shape index (κ2) is 7.86. The van der Waals surface area contributed by atoms with Gasteiger partial charge in [-0.05, 0) is 65.3 Å². The maximum absolute atomic E-state index is 11.6. The molecule has 9 heteroatoms. The van der Waals surface area contributed by atoms with E-state index in [9.17, 15) is 4.79 Å². The number of rotatable bonds is 10. The van der Waals surface area contributed by atoms with Gasteiger partial charge >= 0.3 is 15.4 Å². The van der Waals surface area contributed by atoms with E-state index in [1.807, 2.05) is 13.3 Å². The lowest BCUT2D eigenvalue weighted by molar-refractivity contribution is 0.187. The highest BCUT2D eigenvalue weighted by Gasteiger charge is 2.56. The fourth-order valence-electron chi connectivity index (χ4n) is 1.85. The molecule has 0 saturated heterocycles. The van der Waals surface area contributed by atoms with Crippen LogP contribution in [0.4, 0.5) is 0 Å². The lowest BCUT2D eigenvalue weighted by atomic mass is 10.5. The van der Waals surface area contributed by atoms with Crippen molar-refractivity contribution in [2.24, 2.45) is 0 Å². The Morgan fingerprint density at radius 2 is 1.09 bits per heavy atom. The molecule has 0 heterocycles. The normalized spacial score (nSPS) is 14.1. The summed E-state index contributed by atoms with van der Waals surface area (Å²) in [5, 5.41) is 0. The molecule has 0 aromatic rings. The highest BCUT2D eigenvalue weighted by Crippen LogP contribution is 2.28. The number of nitrogens with zero attached hydrogens (tertiary/aromatic N) is 1. The molecule has 0 aliphatic heterocycles. The molecule has 0 aliphatic carbocycles. The summed E-state index contributed by atoms with van der Waals surface area (Å²) in [6.07, 6.45) is 2.87. The van der Waals surface area contributed by atoms with Crippen molar-refractivity contribution in [3.8, 4) is 0 Å². The van der Waals surface area contributed by atoms with E-state index in [0.29, 0.717) is 6.54 Å². The summed E-state index contributed by atoms with van der Waals surface area (Å²) in [6.45, 7) is 21.5. The fourth-order valence-corrected chi connectivity index (χ4v) is 14.7. The minimum atomic E-state index is -3.26. The van der Waals surface area contributed by atoms with Crippen LogP contribution in [-0.4, -0.2) is 51.4 Å². The summed E-state index contributed by atoms with van der Waals surface area (Å²) < 4.78 is 20.9. The first-order valence-corrected chi connectivity index (χ1v) is 19.8. The first kappa shape index (κ1) is 22.2. The molecule has 5 nitrogen and oxygen atoms in total. The van der Waals surface area contributed by atoms with Crippen LogP contribution in [0, 0.1) is 0 Å². The molecule has 0 aliphatic rings. The van der Waals surface area contributed by atoms with Crippen molar-refractivity contribution in [3.05, 3.63) is 0 Å². The van der Waals surface area contributed by atoms with Crippen molar-refractivity contribution in [2.75, 3.05) is 6.54 Å². The summed E-state index contributed by atoms with van der Waals surface area (Å²) in [4.78, 5) is 11.6. The summed E-state index contributed by atoms with van der Waals surface area (Å²) >= 11 is 0. The molecular weight excluding hydrogens is 346 g/mol. The first-order chi connectivity index (χ1) is 9.64.